The van der Waals surface area contributed by atoms with E-state index in [2.05, 4.69) is 20.6 Å². The van der Waals surface area contributed by atoms with Gasteiger partial charge in [-0.2, -0.15) is 0 Å². The Kier molecular flexibility index (Phi) is 5.46. The predicted molar refractivity (Wildman–Crippen MR) is 97.6 cm³/mol. The summed E-state index contributed by atoms with van der Waals surface area (Å²) in [5.74, 6) is -1.27. The first kappa shape index (κ1) is 18.5. The number of hydrogen-bond acceptors (Lipinski definition) is 5. The number of methoxy groups -OCH3 is 1. The highest BCUT2D eigenvalue weighted by Crippen LogP contribution is 2.27. The van der Waals surface area contributed by atoms with Gasteiger partial charge in [0.15, 0.2) is 0 Å². The van der Waals surface area contributed by atoms with Gasteiger partial charge < -0.3 is 15.4 Å². The van der Waals surface area contributed by atoms with E-state index >= 15 is 0 Å². The molecule has 3 aromatic rings. The van der Waals surface area contributed by atoms with Crippen LogP contribution in [0.4, 0.5) is 26.0 Å². The summed E-state index contributed by atoms with van der Waals surface area (Å²) < 4.78 is 31.6. The number of amides is 1. The van der Waals surface area contributed by atoms with Crippen molar-refractivity contribution in [3.8, 4) is 5.75 Å². The van der Waals surface area contributed by atoms with Crippen LogP contribution in [0.15, 0.2) is 48.8 Å². The van der Waals surface area contributed by atoms with Gasteiger partial charge in [0.1, 0.15) is 28.9 Å². The van der Waals surface area contributed by atoms with Crippen molar-refractivity contribution in [2.45, 2.75) is 0 Å². The molecule has 9 heteroatoms. The van der Waals surface area contributed by atoms with Gasteiger partial charge in [0.05, 0.1) is 30.2 Å². The molecule has 1 amide bonds. The molecule has 0 saturated carbocycles. The molecular weight excluding hydrogens is 378 g/mol. The normalized spacial score (nSPS) is 10.4. The van der Waals surface area contributed by atoms with E-state index in [-0.39, 0.29) is 17.2 Å². The monoisotopic (exact) mass is 390 g/mol. The molecule has 2 N–H and O–H groups in total. The van der Waals surface area contributed by atoms with Crippen LogP contribution in [0.3, 0.4) is 0 Å². The molecule has 0 atom stereocenters. The summed E-state index contributed by atoms with van der Waals surface area (Å²) in [5, 5.41) is 5.64. The van der Waals surface area contributed by atoms with Crippen molar-refractivity contribution in [2.24, 2.45) is 0 Å². The van der Waals surface area contributed by atoms with Gasteiger partial charge in [-0.15, -0.1) is 0 Å². The summed E-state index contributed by atoms with van der Waals surface area (Å²) in [4.78, 5) is 20.2. The maximum atomic E-state index is 13.6. The second kappa shape index (κ2) is 7.96. The number of ether oxygens (including phenoxy) is 1. The van der Waals surface area contributed by atoms with Crippen molar-refractivity contribution in [1.82, 2.24) is 9.97 Å². The number of nitrogens with one attached hydrogen (secondary N) is 2. The number of nitrogens with zero attached hydrogens (tertiary/aromatic N) is 2. The highest BCUT2D eigenvalue weighted by Gasteiger charge is 2.11. The van der Waals surface area contributed by atoms with Crippen LogP contribution < -0.4 is 15.4 Å². The molecule has 0 bridgehead atoms. The number of carbonyl (C=O) groups excluding carboxylic acids is 1. The third kappa shape index (κ3) is 4.48. The second-order valence-electron chi connectivity index (χ2n) is 5.34. The minimum Gasteiger partial charge on any atom is -0.495 e. The molecule has 0 spiro atoms. The summed E-state index contributed by atoms with van der Waals surface area (Å²) >= 11 is 6.01. The lowest BCUT2D eigenvalue weighted by atomic mass is 10.3. The number of rotatable bonds is 5. The molecule has 2 aromatic carbocycles. The Labute approximate surface area is 158 Å². The number of halogens is 3. The Hall–Kier alpha value is -3.26. The standard InChI is InChI=1S/C18H13ClF2N4O2/c1-27-16-5-3-11(7-12(16)19)24-18(26)15-8-23-17(9-22-15)25-14-4-2-10(20)6-13(14)21/h2-9H,1H3,(H,23,25)(H,24,26). The molecular formula is C18H13ClF2N4O2. The van der Waals surface area contributed by atoms with E-state index in [1.165, 1.54) is 25.6 Å². The Balaban J connectivity index is 1.69. The zero-order chi connectivity index (χ0) is 19.4. The quantitative estimate of drug-likeness (QED) is 0.674. The fourth-order valence-electron chi connectivity index (χ4n) is 2.18. The smallest absolute Gasteiger partial charge is 0.275 e. The van der Waals surface area contributed by atoms with Gasteiger partial charge in [-0.25, -0.2) is 18.7 Å². The van der Waals surface area contributed by atoms with Crippen LogP contribution in [0.25, 0.3) is 0 Å². The van der Waals surface area contributed by atoms with Crippen LogP contribution >= 0.6 is 11.6 Å². The van der Waals surface area contributed by atoms with E-state index in [1.807, 2.05) is 0 Å². The summed E-state index contributed by atoms with van der Waals surface area (Å²) in [7, 11) is 1.49. The second-order valence-corrected chi connectivity index (χ2v) is 5.75. The first-order valence-corrected chi connectivity index (χ1v) is 8.03. The average Bonchev–Trinajstić information content (AvgIpc) is 2.65. The van der Waals surface area contributed by atoms with Crippen LogP contribution in [0.5, 0.6) is 5.75 Å². The number of carbonyl (C=O) groups is 1. The Morgan fingerprint density at radius 3 is 2.56 bits per heavy atom. The van der Waals surface area contributed by atoms with Crippen molar-refractivity contribution >= 4 is 34.7 Å². The molecule has 27 heavy (non-hydrogen) atoms. The molecule has 0 radical (unpaired) electrons. The van der Waals surface area contributed by atoms with Gasteiger partial charge in [-0.3, -0.25) is 4.79 Å². The topological polar surface area (TPSA) is 76.1 Å². The minimum absolute atomic E-state index is 0.0378. The van der Waals surface area contributed by atoms with Gasteiger partial charge in [0, 0.05) is 11.8 Å². The summed E-state index contributed by atoms with van der Waals surface area (Å²) in [6, 6.07) is 7.88. The van der Waals surface area contributed by atoms with Gasteiger partial charge in [-0.05, 0) is 30.3 Å². The summed E-state index contributed by atoms with van der Waals surface area (Å²) in [6.07, 6.45) is 2.49. The average molecular weight is 391 g/mol. The van der Waals surface area contributed by atoms with Crippen molar-refractivity contribution in [1.29, 1.82) is 0 Å². The Morgan fingerprint density at radius 2 is 1.93 bits per heavy atom. The molecule has 138 valence electrons. The predicted octanol–water partition coefficient (Wildman–Crippen LogP) is 4.41. The van der Waals surface area contributed by atoms with Crippen LogP contribution in [-0.4, -0.2) is 23.0 Å². The number of benzene rings is 2. The van der Waals surface area contributed by atoms with E-state index < -0.39 is 17.5 Å². The molecule has 1 aromatic heterocycles. The number of aromatic nitrogens is 2. The first-order chi connectivity index (χ1) is 13.0. The van der Waals surface area contributed by atoms with Crippen molar-refractivity contribution in [3.05, 3.63) is 71.1 Å². The SMILES string of the molecule is COc1ccc(NC(=O)c2cnc(Nc3ccc(F)cc3F)cn2)cc1Cl. The lowest BCUT2D eigenvalue weighted by molar-refractivity contribution is 0.102. The van der Waals surface area contributed by atoms with E-state index in [0.717, 1.165) is 12.1 Å². The zero-order valence-corrected chi connectivity index (χ0v) is 14.7. The molecule has 0 unspecified atom stereocenters. The van der Waals surface area contributed by atoms with Crippen molar-refractivity contribution < 1.29 is 18.3 Å². The molecule has 3 rings (SSSR count). The highest BCUT2D eigenvalue weighted by molar-refractivity contribution is 6.32. The molecule has 0 fully saturated rings. The zero-order valence-electron chi connectivity index (χ0n) is 14.0. The van der Waals surface area contributed by atoms with E-state index in [4.69, 9.17) is 16.3 Å². The molecule has 0 aliphatic rings. The van der Waals surface area contributed by atoms with Gasteiger partial charge in [0.25, 0.3) is 5.91 Å². The van der Waals surface area contributed by atoms with Crippen molar-refractivity contribution in [2.75, 3.05) is 17.7 Å². The van der Waals surface area contributed by atoms with E-state index in [9.17, 15) is 13.6 Å². The maximum Gasteiger partial charge on any atom is 0.275 e. The van der Waals surface area contributed by atoms with Crippen LogP contribution in [0.1, 0.15) is 10.5 Å². The maximum absolute atomic E-state index is 13.6. The molecule has 0 aliphatic heterocycles. The summed E-state index contributed by atoms with van der Waals surface area (Å²) in [5.41, 5.74) is 0.547. The number of hydrogen-bond donors (Lipinski definition) is 2. The highest BCUT2D eigenvalue weighted by atomic mass is 35.5. The lowest BCUT2D eigenvalue weighted by Crippen LogP contribution is -2.14. The lowest BCUT2D eigenvalue weighted by Gasteiger charge is -2.09. The van der Waals surface area contributed by atoms with Gasteiger partial charge in [-0.1, -0.05) is 11.6 Å². The van der Waals surface area contributed by atoms with Crippen LogP contribution in [0.2, 0.25) is 5.02 Å². The fraction of sp³-hybridized carbons (Fsp3) is 0.0556. The van der Waals surface area contributed by atoms with Crippen LogP contribution in [-0.2, 0) is 0 Å². The van der Waals surface area contributed by atoms with Gasteiger partial charge in [0.2, 0.25) is 0 Å². The van der Waals surface area contributed by atoms with E-state index in [0.29, 0.717) is 16.5 Å². The third-order valence-electron chi connectivity index (χ3n) is 3.49. The summed E-state index contributed by atoms with van der Waals surface area (Å²) in [6.45, 7) is 0. The molecule has 1 heterocycles. The van der Waals surface area contributed by atoms with Crippen LogP contribution in [0, 0.1) is 11.6 Å². The minimum atomic E-state index is -0.769. The van der Waals surface area contributed by atoms with Gasteiger partial charge >= 0.3 is 0 Å². The largest absolute Gasteiger partial charge is 0.495 e. The molecule has 0 aliphatic carbocycles. The van der Waals surface area contributed by atoms with Crippen molar-refractivity contribution in [3.63, 3.8) is 0 Å². The third-order valence-corrected chi connectivity index (χ3v) is 3.78. The first-order valence-electron chi connectivity index (χ1n) is 7.65. The molecule has 0 saturated heterocycles. The fourth-order valence-corrected chi connectivity index (χ4v) is 2.44. The Morgan fingerprint density at radius 1 is 1.11 bits per heavy atom. The molecule has 6 nitrogen and oxygen atoms in total. The number of anilines is 3. The Bertz CT molecular complexity index is 984. The van der Waals surface area contributed by atoms with E-state index in [1.54, 1.807) is 18.2 Å².